The van der Waals surface area contributed by atoms with Gasteiger partial charge < -0.3 is 30.0 Å². The van der Waals surface area contributed by atoms with E-state index in [9.17, 15) is 19.8 Å². The Morgan fingerprint density at radius 1 is 1.00 bits per heavy atom. The van der Waals surface area contributed by atoms with Crippen LogP contribution >= 0.6 is 0 Å². The van der Waals surface area contributed by atoms with Crippen LogP contribution in [0.2, 0.25) is 0 Å². The molecule has 0 amide bonds. The molecule has 0 saturated carbocycles. The zero-order valence-electron chi connectivity index (χ0n) is 5.04. The van der Waals surface area contributed by atoms with E-state index >= 15 is 0 Å². The largest absolute Gasteiger partial charge is 3.00 e. The average Bonchev–Trinajstić information content (AvgIpc) is 1.84. The monoisotopic (exact) mass is 204 g/mol. The molecule has 1 radical (unpaired) electrons. The van der Waals surface area contributed by atoms with Crippen molar-refractivity contribution in [1.29, 1.82) is 0 Å². The number of hydrogen-bond acceptors (Lipinski definition) is 6. The Kier molecular flexibility index (Phi) is 6.01. The molecule has 0 heterocycles. The minimum atomic E-state index is -2.44. The van der Waals surface area contributed by atoms with E-state index in [0.29, 0.717) is 0 Å². The smallest absolute Gasteiger partial charge is 0.547 e. The molecule has 0 aliphatic rings. The number of carboxylic acids is 2. The summed E-state index contributed by atoms with van der Waals surface area (Å²) in [5.74, 6) is -4.12. The van der Waals surface area contributed by atoms with Crippen LogP contribution in [0.25, 0.3) is 0 Å². The maximum atomic E-state index is 9.63. The fourth-order valence-corrected chi connectivity index (χ4v) is 0.258. The van der Waals surface area contributed by atoms with Gasteiger partial charge in [0.15, 0.2) is 0 Å². The van der Waals surface area contributed by atoms with E-state index in [4.69, 9.17) is 10.2 Å². The summed E-state index contributed by atoms with van der Waals surface area (Å²) < 4.78 is 0. The summed E-state index contributed by atoms with van der Waals surface area (Å²) in [6.45, 7) is 0. The van der Waals surface area contributed by atoms with Crippen molar-refractivity contribution in [2.24, 2.45) is 0 Å². The predicted octanol–water partition coefficient (Wildman–Crippen LogP) is -4.79. The third-order valence-corrected chi connectivity index (χ3v) is 0.782. The molecule has 0 aromatic carbocycles. The minimum absolute atomic E-state index is 0. The predicted molar refractivity (Wildman–Crippen MR) is 22.0 cm³/mol. The third-order valence-electron chi connectivity index (χ3n) is 0.782. The van der Waals surface area contributed by atoms with Gasteiger partial charge in [0.05, 0.1) is 11.9 Å². The van der Waals surface area contributed by atoms with Crippen molar-refractivity contribution in [3.8, 4) is 0 Å². The van der Waals surface area contributed by atoms with E-state index < -0.39 is 24.1 Å². The molecule has 7 heteroatoms. The molecule has 0 aliphatic carbocycles. The molecule has 11 heavy (non-hydrogen) atoms. The van der Waals surface area contributed by atoms with Crippen LogP contribution < -0.4 is 10.2 Å². The number of aliphatic hydroxyl groups excluding tert-OH is 2. The first-order valence-electron chi connectivity index (χ1n) is 2.24. The van der Waals surface area contributed by atoms with Gasteiger partial charge in [-0.05, 0) is 0 Å². The molecule has 0 rings (SSSR count). The van der Waals surface area contributed by atoms with Crippen LogP contribution in [-0.4, -0.2) is 34.4 Å². The fraction of sp³-hybridized carbons (Fsp3) is 0.500. The van der Waals surface area contributed by atoms with E-state index in [2.05, 4.69) is 0 Å². The summed E-state index contributed by atoms with van der Waals surface area (Å²) in [5.41, 5.74) is 0. The normalized spacial score (nSPS) is 14.4. The summed E-state index contributed by atoms with van der Waals surface area (Å²) in [5, 5.41) is 35.7. The van der Waals surface area contributed by atoms with Crippen molar-refractivity contribution in [2.45, 2.75) is 12.2 Å². The van der Waals surface area contributed by atoms with Gasteiger partial charge in [-0.25, -0.2) is 0 Å². The Morgan fingerprint density at radius 3 is 1.27 bits per heavy atom. The number of hydrogen-bond donors (Lipinski definition) is 2. The van der Waals surface area contributed by atoms with Gasteiger partial charge in [0.1, 0.15) is 12.2 Å². The molecule has 0 saturated heterocycles. The van der Waals surface area contributed by atoms with Crippen molar-refractivity contribution in [1.82, 2.24) is 0 Å². The molecule has 0 spiro atoms. The maximum absolute atomic E-state index is 9.63. The molecule has 0 aromatic heterocycles. The van der Waals surface area contributed by atoms with Crippen molar-refractivity contribution < 1.29 is 47.1 Å². The molecule has 2 N–H and O–H groups in total. The quantitative estimate of drug-likeness (QED) is 0.445. The molecule has 0 bridgehead atoms. The van der Waals surface area contributed by atoms with Gasteiger partial charge in [0.2, 0.25) is 0 Å². The van der Waals surface area contributed by atoms with Crippen LogP contribution in [-0.2, 0) is 26.7 Å². The van der Waals surface area contributed by atoms with E-state index in [0.717, 1.165) is 0 Å². The summed E-state index contributed by atoms with van der Waals surface area (Å²) in [4.78, 5) is 19.3. The van der Waals surface area contributed by atoms with Crippen LogP contribution in [0.15, 0.2) is 0 Å². The standard InChI is InChI=1S/C4H6O6.Fe/c5-1(3(7)8)2(6)4(9)10;/h1-2,5-6H,(H,7,8)(H,9,10);/q;+3/p-2/t1-,2-;/m1./s1. The second kappa shape index (κ2) is 5.09. The fourth-order valence-electron chi connectivity index (χ4n) is 0.258. The first kappa shape index (κ1) is 13.0. The van der Waals surface area contributed by atoms with Gasteiger partial charge in [0, 0.05) is 0 Å². The summed E-state index contributed by atoms with van der Waals surface area (Å²) in [7, 11) is 0. The Morgan fingerprint density at radius 2 is 1.18 bits per heavy atom. The molecule has 2 atom stereocenters. The Labute approximate surface area is 71.9 Å². The van der Waals surface area contributed by atoms with Gasteiger partial charge in [-0.1, -0.05) is 0 Å². The van der Waals surface area contributed by atoms with Crippen LogP contribution in [0, 0.1) is 0 Å². The Bertz CT molecular complexity index is 139. The van der Waals surface area contributed by atoms with Crippen LogP contribution in [0.3, 0.4) is 0 Å². The molecule has 63 valence electrons. The van der Waals surface area contributed by atoms with E-state index in [1.807, 2.05) is 0 Å². The van der Waals surface area contributed by atoms with Crippen molar-refractivity contribution in [3.63, 3.8) is 0 Å². The third kappa shape index (κ3) is 3.94. The van der Waals surface area contributed by atoms with Crippen molar-refractivity contribution >= 4 is 11.9 Å². The molecule has 0 aromatic rings. The summed E-state index contributed by atoms with van der Waals surface area (Å²) in [6.07, 6.45) is -4.88. The van der Waals surface area contributed by atoms with Crippen LogP contribution in [0.5, 0.6) is 0 Å². The van der Waals surface area contributed by atoms with Gasteiger partial charge >= 0.3 is 17.1 Å². The van der Waals surface area contributed by atoms with Crippen molar-refractivity contribution in [3.05, 3.63) is 0 Å². The van der Waals surface area contributed by atoms with Gasteiger partial charge in [0.25, 0.3) is 0 Å². The Balaban J connectivity index is 0. The summed E-state index contributed by atoms with van der Waals surface area (Å²) >= 11 is 0. The second-order valence-corrected chi connectivity index (χ2v) is 1.53. The molecular weight excluding hydrogens is 200 g/mol. The molecular formula is C4H4FeO6+. The Hall–Kier alpha value is -0.621. The van der Waals surface area contributed by atoms with Gasteiger partial charge in [-0.2, -0.15) is 0 Å². The average molecular weight is 204 g/mol. The molecule has 0 fully saturated rings. The summed E-state index contributed by atoms with van der Waals surface area (Å²) in [6, 6.07) is 0. The van der Waals surface area contributed by atoms with E-state index in [1.54, 1.807) is 0 Å². The maximum Gasteiger partial charge on any atom is 3.00 e. The molecule has 0 aliphatic heterocycles. The first-order chi connectivity index (χ1) is 4.46. The number of carbonyl (C=O) groups is 2. The number of carbonyl (C=O) groups excluding carboxylic acids is 2. The van der Waals surface area contributed by atoms with Gasteiger partial charge in [-0.3, -0.25) is 0 Å². The topological polar surface area (TPSA) is 121 Å². The van der Waals surface area contributed by atoms with Crippen LogP contribution in [0.1, 0.15) is 0 Å². The second-order valence-electron chi connectivity index (χ2n) is 1.53. The van der Waals surface area contributed by atoms with E-state index in [1.165, 1.54) is 0 Å². The number of carboxylic acid groups (broad SMARTS) is 2. The SMILES string of the molecule is O=C([O-])[C@H](O)[C@@H](O)C(=O)[O-].[Fe+3]. The number of aliphatic hydroxyl groups is 2. The first-order valence-corrected chi connectivity index (χ1v) is 2.24. The minimum Gasteiger partial charge on any atom is -0.547 e. The van der Waals surface area contributed by atoms with E-state index in [-0.39, 0.29) is 17.1 Å². The zero-order chi connectivity index (χ0) is 8.31. The van der Waals surface area contributed by atoms with Gasteiger partial charge in [-0.15, -0.1) is 0 Å². The molecule has 0 unspecified atom stereocenters. The number of rotatable bonds is 3. The zero-order valence-corrected chi connectivity index (χ0v) is 6.14. The van der Waals surface area contributed by atoms with Crippen LogP contribution in [0.4, 0.5) is 0 Å². The van der Waals surface area contributed by atoms with Crippen molar-refractivity contribution in [2.75, 3.05) is 0 Å². The molecule has 6 nitrogen and oxygen atoms in total. The number of aliphatic carboxylic acids is 2.